The monoisotopic (exact) mass is 399 g/mol. The Bertz CT molecular complexity index is 752. The number of benzene rings is 1. The summed E-state index contributed by atoms with van der Waals surface area (Å²) >= 11 is 5.71. The molecule has 0 bridgehead atoms. The third-order valence-electron chi connectivity index (χ3n) is 3.72. The van der Waals surface area contributed by atoms with Gasteiger partial charge in [-0.05, 0) is 30.4 Å². The Hall–Kier alpha value is -2.00. The molecule has 1 atom stereocenters. The van der Waals surface area contributed by atoms with E-state index in [1.54, 1.807) is 0 Å². The van der Waals surface area contributed by atoms with Crippen LogP contribution in [0.2, 0.25) is 0 Å². The maximum atomic E-state index is 12.9. The number of carbonyl (C=O) groups is 1. The summed E-state index contributed by atoms with van der Waals surface area (Å²) in [6.07, 6.45) is -6.58. The van der Waals surface area contributed by atoms with Crippen molar-refractivity contribution in [2.75, 3.05) is 11.9 Å². The summed E-state index contributed by atoms with van der Waals surface area (Å²) in [5.74, 6) is -1.12. The SMILES string of the molecule is CN(C(=O)C1(O)C=C(Cl)C=CC1)c1cc(C(F)(F)F)cc(C(F)(F)F)c1. The minimum Gasteiger partial charge on any atom is -0.375 e. The van der Waals surface area contributed by atoms with Crippen LogP contribution in [-0.2, 0) is 17.1 Å². The first-order valence-corrected chi connectivity index (χ1v) is 7.47. The smallest absolute Gasteiger partial charge is 0.375 e. The van der Waals surface area contributed by atoms with Crippen LogP contribution in [0.5, 0.6) is 0 Å². The molecule has 0 fully saturated rings. The maximum absolute atomic E-state index is 12.9. The fraction of sp³-hybridized carbons (Fsp3) is 0.312. The van der Waals surface area contributed by atoms with Crippen LogP contribution in [0, 0.1) is 0 Å². The van der Waals surface area contributed by atoms with Gasteiger partial charge in [0.25, 0.3) is 5.91 Å². The number of alkyl halides is 6. The lowest BCUT2D eigenvalue weighted by Gasteiger charge is -2.30. The molecule has 10 heteroatoms. The van der Waals surface area contributed by atoms with Crippen LogP contribution in [-0.4, -0.2) is 23.7 Å². The van der Waals surface area contributed by atoms with E-state index < -0.39 is 40.7 Å². The van der Waals surface area contributed by atoms with E-state index in [-0.39, 0.29) is 17.5 Å². The van der Waals surface area contributed by atoms with E-state index in [9.17, 15) is 36.2 Å². The van der Waals surface area contributed by atoms with Crippen molar-refractivity contribution in [2.45, 2.75) is 24.4 Å². The van der Waals surface area contributed by atoms with Crippen molar-refractivity contribution in [1.82, 2.24) is 0 Å². The quantitative estimate of drug-likeness (QED) is 0.744. The van der Waals surface area contributed by atoms with E-state index in [1.807, 2.05) is 0 Å². The Morgan fingerprint density at radius 1 is 1.12 bits per heavy atom. The zero-order valence-electron chi connectivity index (χ0n) is 13.1. The number of likely N-dealkylation sites (N-methyl/N-ethyl adjacent to an activating group) is 1. The van der Waals surface area contributed by atoms with Gasteiger partial charge in [0.2, 0.25) is 0 Å². The minimum absolute atomic E-state index is 0.0144. The topological polar surface area (TPSA) is 40.5 Å². The molecule has 0 saturated carbocycles. The van der Waals surface area contributed by atoms with E-state index in [0.717, 1.165) is 13.1 Å². The number of nitrogens with zero attached hydrogens (tertiary/aromatic N) is 1. The van der Waals surface area contributed by atoms with Crippen LogP contribution in [0.1, 0.15) is 17.5 Å². The first kappa shape index (κ1) is 20.3. The van der Waals surface area contributed by atoms with Crippen molar-refractivity contribution >= 4 is 23.2 Å². The second kappa shape index (κ2) is 6.62. The Morgan fingerprint density at radius 3 is 2.04 bits per heavy atom. The molecule has 26 heavy (non-hydrogen) atoms. The van der Waals surface area contributed by atoms with Crippen molar-refractivity contribution in [3.63, 3.8) is 0 Å². The number of halogens is 7. The molecule has 2 rings (SSSR count). The van der Waals surface area contributed by atoms with Crippen LogP contribution in [0.15, 0.2) is 41.5 Å². The molecule has 1 aliphatic carbocycles. The van der Waals surface area contributed by atoms with Crippen LogP contribution in [0.25, 0.3) is 0 Å². The molecule has 0 heterocycles. The standard InChI is InChI=1S/C16H12ClF6NO2/c1-24(13(25)14(26)4-2-3-11(17)8-14)12-6-9(15(18,19)20)5-10(7-12)16(21,22)23/h2-3,5-8,26H,4H2,1H3. The zero-order chi connectivity index (χ0) is 19.9. The van der Waals surface area contributed by atoms with Gasteiger partial charge in [0.15, 0.2) is 5.60 Å². The lowest BCUT2D eigenvalue weighted by atomic mass is 9.93. The molecular formula is C16H12ClF6NO2. The molecule has 0 spiro atoms. The third-order valence-corrected chi connectivity index (χ3v) is 3.95. The molecule has 1 aliphatic rings. The molecule has 0 radical (unpaired) electrons. The molecule has 1 N–H and O–H groups in total. The van der Waals surface area contributed by atoms with Crippen molar-refractivity contribution in [3.8, 4) is 0 Å². The molecule has 0 aliphatic heterocycles. The normalized spacial score (nSPS) is 20.7. The second-order valence-electron chi connectivity index (χ2n) is 5.69. The summed E-state index contributed by atoms with van der Waals surface area (Å²) < 4.78 is 77.6. The van der Waals surface area contributed by atoms with Crippen LogP contribution < -0.4 is 4.90 Å². The molecule has 0 aromatic heterocycles. The van der Waals surface area contributed by atoms with E-state index in [2.05, 4.69) is 0 Å². The molecule has 142 valence electrons. The number of rotatable bonds is 2. The maximum Gasteiger partial charge on any atom is 0.416 e. The van der Waals surface area contributed by atoms with Gasteiger partial charge in [-0.15, -0.1) is 0 Å². The van der Waals surface area contributed by atoms with Gasteiger partial charge in [-0.2, -0.15) is 26.3 Å². The van der Waals surface area contributed by atoms with E-state index >= 15 is 0 Å². The number of allylic oxidation sites excluding steroid dienone is 2. The predicted octanol–water partition coefficient (Wildman–Crippen LogP) is 4.50. The highest BCUT2D eigenvalue weighted by Gasteiger charge is 2.40. The molecule has 1 unspecified atom stereocenters. The Kier molecular flexibility index (Phi) is 5.17. The van der Waals surface area contributed by atoms with Crippen molar-refractivity contribution in [1.29, 1.82) is 0 Å². The van der Waals surface area contributed by atoms with Crippen molar-refractivity contribution in [2.24, 2.45) is 0 Å². The number of anilines is 1. The van der Waals surface area contributed by atoms with E-state index in [1.165, 1.54) is 12.2 Å². The number of carbonyl (C=O) groups excluding carboxylic acids is 1. The van der Waals surface area contributed by atoms with Gasteiger partial charge >= 0.3 is 12.4 Å². The highest BCUT2D eigenvalue weighted by molar-refractivity contribution is 6.31. The van der Waals surface area contributed by atoms with Gasteiger partial charge in [-0.25, -0.2) is 0 Å². The average molecular weight is 400 g/mol. The Morgan fingerprint density at radius 2 is 1.62 bits per heavy atom. The first-order valence-electron chi connectivity index (χ1n) is 7.09. The fourth-order valence-electron chi connectivity index (χ4n) is 2.38. The van der Waals surface area contributed by atoms with Gasteiger partial charge < -0.3 is 10.0 Å². The summed E-state index contributed by atoms with van der Waals surface area (Å²) in [6, 6.07) is 0.762. The van der Waals surface area contributed by atoms with Crippen molar-refractivity contribution in [3.05, 3.63) is 52.6 Å². The zero-order valence-corrected chi connectivity index (χ0v) is 13.9. The van der Waals surface area contributed by atoms with E-state index in [4.69, 9.17) is 11.6 Å². The largest absolute Gasteiger partial charge is 0.416 e. The minimum atomic E-state index is -5.05. The van der Waals surface area contributed by atoms with Gasteiger partial charge in [0, 0.05) is 24.2 Å². The molecular weight excluding hydrogens is 388 g/mol. The Balaban J connectivity index is 2.50. The lowest BCUT2D eigenvalue weighted by Crippen LogP contribution is -2.47. The van der Waals surface area contributed by atoms with E-state index in [0.29, 0.717) is 17.0 Å². The van der Waals surface area contributed by atoms with Crippen LogP contribution >= 0.6 is 11.6 Å². The Labute approximate surface area is 149 Å². The molecule has 3 nitrogen and oxygen atoms in total. The summed E-state index contributed by atoms with van der Waals surface area (Å²) in [5.41, 5.74) is -5.96. The number of hydrogen-bond acceptors (Lipinski definition) is 2. The predicted molar refractivity (Wildman–Crippen MR) is 82.5 cm³/mol. The van der Waals surface area contributed by atoms with Gasteiger partial charge in [0.05, 0.1) is 11.1 Å². The number of hydrogen-bond donors (Lipinski definition) is 1. The van der Waals surface area contributed by atoms with Crippen molar-refractivity contribution < 1.29 is 36.2 Å². The lowest BCUT2D eigenvalue weighted by molar-refractivity contribution is -0.143. The highest BCUT2D eigenvalue weighted by Crippen LogP contribution is 2.39. The van der Waals surface area contributed by atoms with Crippen LogP contribution in [0.4, 0.5) is 32.0 Å². The summed E-state index contributed by atoms with van der Waals surface area (Å²) in [4.78, 5) is 13.0. The molecule has 1 aromatic rings. The van der Waals surface area contributed by atoms with Gasteiger partial charge in [-0.3, -0.25) is 4.79 Å². The molecule has 1 aromatic carbocycles. The van der Waals surface area contributed by atoms with Gasteiger partial charge in [-0.1, -0.05) is 17.7 Å². The summed E-state index contributed by atoms with van der Waals surface area (Å²) in [6.45, 7) is 0. The highest BCUT2D eigenvalue weighted by atomic mass is 35.5. The second-order valence-corrected chi connectivity index (χ2v) is 6.12. The first-order chi connectivity index (χ1) is 11.7. The molecule has 0 saturated heterocycles. The third kappa shape index (κ3) is 4.21. The number of amides is 1. The fourth-order valence-corrected chi connectivity index (χ4v) is 2.64. The summed E-state index contributed by atoms with van der Waals surface area (Å²) in [5, 5.41) is 10.4. The number of aliphatic hydroxyl groups is 1. The molecule has 1 amide bonds. The average Bonchev–Trinajstić information content (AvgIpc) is 2.51. The summed E-state index contributed by atoms with van der Waals surface area (Å²) in [7, 11) is 0.968. The van der Waals surface area contributed by atoms with Crippen LogP contribution in [0.3, 0.4) is 0 Å². The van der Waals surface area contributed by atoms with Gasteiger partial charge in [0.1, 0.15) is 0 Å².